The molecule has 0 radical (unpaired) electrons. The van der Waals surface area contributed by atoms with E-state index in [1.165, 1.54) is 49.6 Å². The first kappa shape index (κ1) is 98.4. The summed E-state index contributed by atoms with van der Waals surface area (Å²) in [7, 11) is 19.9. The summed E-state index contributed by atoms with van der Waals surface area (Å²) >= 11 is 0. The number of nitrogens with one attached hydrogen (secondary N) is 2. The van der Waals surface area contributed by atoms with Crippen LogP contribution in [0.2, 0.25) is 0 Å². The summed E-state index contributed by atoms with van der Waals surface area (Å²) in [5, 5.41) is 22.9. The van der Waals surface area contributed by atoms with E-state index in [4.69, 9.17) is 48.4 Å². The Morgan fingerprint density at radius 3 is 1.13 bits per heavy atom. The Hall–Kier alpha value is -16.7. The molecular formula is C103H111FN28O9S. The van der Waals surface area contributed by atoms with Crippen LogP contribution in [0, 0.1) is 5.82 Å². The molecule has 18 aromatic rings. The predicted molar refractivity (Wildman–Crippen MR) is 548 cm³/mol. The molecule has 1 amide bonds. The van der Waals surface area contributed by atoms with E-state index in [9.17, 15) is 17.6 Å². The zero-order chi connectivity index (χ0) is 99.8. The molecule has 142 heavy (non-hydrogen) atoms. The fourth-order valence-corrected chi connectivity index (χ4v) is 17.0. The largest absolute Gasteiger partial charge is 0.497 e. The van der Waals surface area contributed by atoms with Crippen molar-refractivity contribution in [3.8, 4) is 79.5 Å². The number of hydrogen-bond donors (Lipinski definition) is 2. The zero-order valence-corrected chi connectivity index (χ0v) is 82.6. The molecule has 0 atom stereocenters. The summed E-state index contributed by atoms with van der Waals surface area (Å²) in [6.07, 6.45) is 33.9. The van der Waals surface area contributed by atoms with Crippen molar-refractivity contribution in [3.63, 3.8) is 0 Å². The number of imidazole rings is 2. The van der Waals surface area contributed by atoms with E-state index in [2.05, 4.69) is 114 Å². The van der Waals surface area contributed by atoms with Crippen molar-refractivity contribution in [1.82, 2.24) is 117 Å². The number of aromatic nitrogens is 20. The highest BCUT2D eigenvalue weighted by Crippen LogP contribution is 2.41. The average Bonchev–Trinajstić information content (AvgIpc) is 1.36. The number of anilines is 8. The van der Waals surface area contributed by atoms with Crippen LogP contribution in [0.3, 0.4) is 0 Å². The average molecular weight is 1940 g/mol. The van der Waals surface area contributed by atoms with E-state index in [1.54, 1.807) is 123 Å². The van der Waals surface area contributed by atoms with Gasteiger partial charge in [0.15, 0.2) is 0 Å². The lowest BCUT2D eigenvalue weighted by Gasteiger charge is -2.30. The maximum Gasteiger partial charge on any atom is 0.308 e. The lowest BCUT2D eigenvalue weighted by atomic mass is 10.1. The molecule has 8 aromatic carbocycles. The van der Waals surface area contributed by atoms with Gasteiger partial charge in [0, 0.05) is 279 Å². The standard InChI is InChI=1S/C27H30N6O2.C26H28N8O4S.C25H28FN7O.C25H25N7O2/c1-31-19-20(17-29-31)27-18-28-25-8-7-21(15-26(25)30-27)33(12-11-32-9-5-4-6-10-32)22-13-23(34-2)16-24(14-22)35-3;1-31(2)39(35,36)34-9-8-27-26(34)17-33(20-10-21(37-4)13-22(11-20)38-5)19-6-7-23-24(12-19)30-25(15-28-23)18-14-29-32(3)16-18;1-16(2)28-7-8-33(21-10-17(25(34)27-3)9-19(26)11-21)20-5-6-22-23(12-20)31-24(14-29-22)18-13-30-32(4)15-18;1-30-8-7-26-25(30)16-32(19-9-20(33-3)12-21(10-19)34-4)18-5-6-22-23(11-18)29-24(14-27-22)17-13-28-31(2)15-17/h4-5,7-8,13-19H,6,9-12H2,1-3H3;6-16H,17H2,1-5H3;5-6,9-16,28H,7-8H2,1-4H3,(H,27,34);5-15H,16H2,1-4H3. The topological polar surface area (TPSA) is 360 Å². The lowest BCUT2D eigenvalue weighted by Crippen LogP contribution is -2.35. The van der Waals surface area contributed by atoms with Gasteiger partial charge in [-0.2, -0.15) is 33.1 Å². The fourth-order valence-electron chi connectivity index (χ4n) is 16.0. The molecule has 0 saturated carbocycles. The van der Waals surface area contributed by atoms with Crippen molar-refractivity contribution in [1.29, 1.82) is 0 Å². The quantitative estimate of drug-likeness (QED) is 0.0370. The van der Waals surface area contributed by atoms with Crippen molar-refractivity contribution in [3.05, 3.63) is 280 Å². The number of ether oxygens (including phenoxy) is 6. The first-order valence-electron chi connectivity index (χ1n) is 45.6. The van der Waals surface area contributed by atoms with Crippen molar-refractivity contribution in [2.45, 2.75) is 39.4 Å². The molecule has 0 aliphatic carbocycles. The maximum atomic E-state index is 14.5. The Morgan fingerprint density at radius 2 is 0.789 bits per heavy atom. The molecule has 0 bridgehead atoms. The van der Waals surface area contributed by atoms with Gasteiger partial charge in [-0.3, -0.25) is 48.4 Å². The monoisotopic (exact) mass is 1930 g/mol. The third-order valence-corrected chi connectivity index (χ3v) is 25.3. The predicted octanol–water partition coefficient (Wildman–Crippen LogP) is 15.5. The fraction of sp³-hybridized carbons (Fsp3) is 0.252. The number of fused-ring (bicyclic) bond motifs is 4. The number of carbonyl (C=O) groups is 1. The highest BCUT2D eigenvalue weighted by Gasteiger charge is 2.27. The second kappa shape index (κ2) is 44.4. The third-order valence-electron chi connectivity index (χ3n) is 23.6. The Bertz CT molecular complexity index is 7580. The van der Waals surface area contributed by atoms with Gasteiger partial charge in [0.05, 0.1) is 172 Å². The molecular weight excluding hydrogens is 1820 g/mol. The van der Waals surface area contributed by atoms with Gasteiger partial charge < -0.3 is 63.2 Å². The van der Waals surface area contributed by atoms with Crippen LogP contribution in [0.4, 0.5) is 49.9 Å². The summed E-state index contributed by atoms with van der Waals surface area (Å²) in [5.41, 5.74) is 19.7. The number of methoxy groups -OCH3 is 6. The maximum absolute atomic E-state index is 14.5. The molecule has 10 aromatic heterocycles. The van der Waals surface area contributed by atoms with Gasteiger partial charge in [-0.1, -0.05) is 26.0 Å². The SMILES string of the molecule is CNC(=O)c1cc(F)cc(N(CCNC(C)C)c2ccc3ncc(-c4cnn(C)c4)nc3c2)c1.COc1cc(OC)cc(N(CCN2CC=CCC2)c2ccc3ncc(-c4cnn(C)c4)nc3c2)c1.COc1cc(OC)cc(N(Cc2nccn2C)c2ccc3ncc(-c4cnn(C)c4)nc3c2)c1.COc1cc(OC)cc(N(Cc2nccn2S(=O)(=O)N(C)C)c2ccc3ncc(-c4cnn(C)c4)nc3c2)c1. The van der Waals surface area contributed by atoms with Crippen LogP contribution in [0.5, 0.6) is 34.5 Å². The Balaban J connectivity index is 0.000000136. The highest BCUT2D eigenvalue weighted by molar-refractivity contribution is 7.87. The number of rotatable bonds is 32. The van der Waals surface area contributed by atoms with E-state index in [1.807, 2.05) is 196 Å². The van der Waals surface area contributed by atoms with E-state index < -0.39 is 16.0 Å². The smallest absolute Gasteiger partial charge is 0.308 e. The molecule has 11 heterocycles. The molecule has 0 unspecified atom stereocenters. The van der Waals surface area contributed by atoms with Crippen LogP contribution < -0.4 is 58.7 Å². The molecule has 19 rings (SSSR count). The van der Waals surface area contributed by atoms with Crippen molar-refractivity contribution >= 4 is 106 Å². The summed E-state index contributed by atoms with van der Waals surface area (Å²) in [6, 6.07) is 45.6. The van der Waals surface area contributed by atoms with Gasteiger partial charge in [-0.05, 0) is 97.4 Å². The van der Waals surface area contributed by atoms with Crippen LogP contribution in [0.15, 0.2) is 257 Å². The van der Waals surface area contributed by atoms with E-state index in [0.29, 0.717) is 88.1 Å². The Morgan fingerprint density at radius 1 is 0.423 bits per heavy atom. The molecule has 1 aliphatic heterocycles. The number of halogens is 1. The van der Waals surface area contributed by atoms with Crippen molar-refractivity contribution < 1.29 is 46.0 Å². The molecule has 0 saturated heterocycles. The number of benzene rings is 8. The van der Waals surface area contributed by atoms with Crippen molar-refractivity contribution in [2.24, 2.45) is 35.2 Å². The van der Waals surface area contributed by atoms with Gasteiger partial charge in [0.2, 0.25) is 0 Å². The number of amides is 1. The van der Waals surface area contributed by atoms with Crippen LogP contribution in [0.25, 0.3) is 89.2 Å². The molecule has 0 fully saturated rings. The first-order chi connectivity index (χ1) is 68.7. The molecule has 730 valence electrons. The normalized spacial score (nSPS) is 12.0. The van der Waals surface area contributed by atoms with E-state index in [0.717, 1.165) is 155 Å². The summed E-state index contributed by atoms with van der Waals surface area (Å²) in [4.78, 5) is 69.7. The Kier molecular flexibility index (Phi) is 30.8. The molecule has 37 nitrogen and oxygen atoms in total. The van der Waals surface area contributed by atoms with Crippen LogP contribution in [0.1, 0.15) is 42.3 Å². The lowest BCUT2D eigenvalue weighted by molar-refractivity contribution is 0.0962. The van der Waals surface area contributed by atoms with Gasteiger partial charge in [0.25, 0.3) is 5.91 Å². The molecule has 0 spiro atoms. The minimum atomic E-state index is -3.79. The Labute approximate surface area is 821 Å². The summed E-state index contributed by atoms with van der Waals surface area (Å²) < 4.78 is 84.9. The van der Waals surface area contributed by atoms with Crippen LogP contribution in [-0.4, -0.2) is 230 Å². The molecule has 2 N–H and O–H groups in total. The second-order valence-electron chi connectivity index (χ2n) is 33.8. The van der Waals surface area contributed by atoms with Crippen molar-refractivity contribution in [2.75, 3.05) is 123 Å². The number of nitrogens with zero attached hydrogens (tertiary/aromatic N) is 26. The van der Waals surface area contributed by atoms with Gasteiger partial charge in [-0.15, -0.1) is 0 Å². The van der Waals surface area contributed by atoms with Gasteiger partial charge >= 0.3 is 10.2 Å². The summed E-state index contributed by atoms with van der Waals surface area (Å²) in [5.74, 6) is 4.50. The third kappa shape index (κ3) is 23.5. The summed E-state index contributed by atoms with van der Waals surface area (Å²) in [6.45, 7) is 9.84. The minimum absolute atomic E-state index is 0.123. The van der Waals surface area contributed by atoms with Crippen LogP contribution >= 0.6 is 0 Å². The first-order valence-corrected chi connectivity index (χ1v) is 47.0. The van der Waals surface area contributed by atoms with E-state index in [-0.39, 0.29) is 18.0 Å². The van der Waals surface area contributed by atoms with E-state index >= 15 is 0 Å². The molecule has 1 aliphatic rings. The number of hydrogen-bond acceptors (Lipinski definition) is 29. The van der Waals surface area contributed by atoms with Gasteiger partial charge in [0.1, 0.15) is 52.0 Å². The van der Waals surface area contributed by atoms with Crippen LogP contribution in [-0.2, 0) is 58.5 Å². The zero-order valence-electron chi connectivity index (χ0n) is 81.8. The van der Waals surface area contributed by atoms with Gasteiger partial charge in [-0.25, -0.2) is 38.3 Å². The second-order valence-corrected chi connectivity index (χ2v) is 35.9. The minimum Gasteiger partial charge on any atom is -0.497 e. The number of aryl methyl sites for hydroxylation is 5. The highest BCUT2D eigenvalue weighted by atomic mass is 32.2. The number of carbonyl (C=O) groups excluding carboxylic acids is 1. The molecule has 39 heteroatoms.